The first-order chi connectivity index (χ1) is 17.6. The number of carbonyl (C=O) groups excluding carboxylic acids is 1. The molecule has 0 spiro atoms. The lowest BCUT2D eigenvalue weighted by molar-refractivity contribution is -0.128. The fourth-order valence-electron chi connectivity index (χ4n) is 4.94. The lowest BCUT2D eigenvalue weighted by atomic mass is 9.73. The third-order valence-corrected chi connectivity index (χ3v) is 8.11. The highest BCUT2D eigenvalue weighted by Crippen LogP contribution is 2.44. The van der Waals surface area contributed by atoms with Crippen LogP contribution in [0.3, 0.4) is 0 Å². The quantitative estimate of drug-likeness (QED) is 0.349. The molecule has 5 rings (SSSR count). The van der Waals surface area contributed by atoms with E-state index in [1.54, 1.807) is 18.3 Å². The van der Waals surface area contributed by atoms with Crippen LogP contribution in [0, 0.1) is 5.41 Å². The Hall–Kier alpha value is -2.40. The predicted molar refractivity (Wildman–Crippen MR) is 143 cm³/mol. The molecule has 9 nitrogen and oxygen atoms in total. The minimum atomic E-state index is -1.16. The number of nitrogens with one attached hydrogen (secondary N) is 2. The van der Waals surface area contributed by atoms with Gasteiger partial charge in [-0.2, -0.15) is 4.98 Å². The highest BCUT2D eigenvalue weighted by atomic mass is 35.5. The van der Waals surface area contributed by atoms with Crippen LogP contribution in [0.15, 0.2) is 18.3 Å². The molecule has 2 fully saturated rings. The van der Waals surface area contributed by atoms with Gasteiger partial charge in [-0.05, 0) is 44.2 Å². The SMILES string of the molecule is CC1(C(N)=O)CCC(n2c(Nc3c(Cl)cc(Cl)cc3Cl)nc3cnc(NC4CCOCC4F)nc32)CC1. The highest BCUT2D eigenvalue weighted by Gasteiger charge is 2.38. The summed E-state index contributed by atoms with van der Waals surface area (Å²) in [5.74, 6) is 0.468. The largest absolute Gasteiger partial charge is 0.378 e. The van der Waals surface area contributed by atoms with Crippen LogP contribution in [0.2, 0.25) is 15.1 Å². The molecule has 0 bridgehead atoms. The van der Waals surface area contributed by atoms with Crippen LogP contribution in [0.5, 0.6) is 0 Å². The van der Waals surface area contributed by atoms with E-state index in [0.29, 0.717) is 82.5 Å². The van der Waals surface area contributed by atoms with Gasteiger partial charge in [0.1, 0.15) is 11.7 Å². The van der Waals surface area contributed by atoms with E-state index in [1.807, 2.05) is 11.5 Å². The van der Waals surface area contributed by atoms with Crippen LogP contribution < -0.4 is 16.4 Å². The Labute approximate surface area is 228 Å². The fourth-order valence-corrected chi connectivity index (χ4v) is 5.86. The molecule has 2 aromatic heterocycles. The molecule has 0 radical (unpaired) electrons. The number of ether oxygens (including phenoxy) is 1. The fraction of sp³-hybridized carbons (Fsp3) is 0.500. The molecule has 1 amide bonds. The number of rotatable bonds is 6. The molecule has 2 atom stereocenters. The molecular formula is C24H27Cl3FN7O2. The molecule has 2 unspecified atom stereocenters. The van der Waals surface area contributed by atoms with E-state index in [4.69, 9.17) is 55.2 Å². The zero-order chi connectivity index (χ0) is 26.3. The Kier molecular flexibility index (Phi) is 7.37. The third-order valence-electron chi connectivity index (χ3n) is 7.30. The van der Waals surface area contributed by atoms with Gasteiger partial charge >= 0.3 is 0 Å². The normalized spacial score (nSPS) is 26.2. The molecule has 1 aliphatic carbocycles. The molecule has 1 saturated heterocycles. The van der Waals surface area contributed by atoms with Gasteiger partial charge in [0.25, 0.3) is 0 Å². The number of hydrogen-bond acceptors (Lipinski definition) is 7. The van der Waals surface area contributed by atoms with Crippen molar-refractivity contribution < 1.29 is 13.9 Å². The number of nitrogens with zero attached hydrogens (tertiary/aromatic N) is 4. The minimum Gasteiger partial charge on any atom is -0.378 e. The summed E-state index contributed by atoms with van der Waals surface area (Å²) in [5, 5.41) is 7.44. The maximum absolute atomic E-state index is 14.4. The van der Waals surface area contributed by atoms with Gasteiger partial charge in [0, 0.05) is 23.1 Å². The Bertz CT molecular complexity index is 1310. The van der Waals surface area contributed by atoms with E-state index in [9.17, 15) is 9.18 Å². The van der Waals surface area contributed by atoms with Crippen molar-refractivity contribution in [2.75, 3.05) is 23.8 Å². The van der Waals surface area contributed by atoms with E-state index in [0.717, 1.165) is 0 Å². The first-order valence-electron chi connectivity index (χ1n) is 12.1. The van der Waals surface area contributed by atoms with Crippen LogP contribution in [0.25, 0.3) is 11.2 Å². The predicted octanol–water partition coefficient (Wildman–Crippen LogP) is 5.68. The molecule has 3 heterocycles. The van der Waals surface area contributed by atoms with Gasteiger partial charge in [-0.25, -0.2) is 14.4 Å². The molecule has 1 saturated carbocycles. The number of imidazole rings is 1. The van der Waals surface area contributed by atoms with E-state index in [2.05, 4.69) is 15.6 Å². The highest BCUT2D eigenvalue weighted by molar-refractivity contribution is 6.41. The summed E-state index contributed by atoms with van der Waals surface area (Å²) in [6.45, 7) is 2.40. The Morgan fingerprint density at radius 3 is 2.54 bits per heavy atom. The molecule has 198 valence electrons. The van der Waals surface area contributed by atoms with E-state index in [-0.39, 0.29) is 18.6 Å². The van der Waals surface area contributed by atoms with Crippen molar-refractivity contribution in [3.05, 3.63) is 33.4 Å². The number of carbonyl (C=O) groups is 1. The number of anilines is 3. The number of primary amides is 1. The maximum Gasteiger partial charge on any atom is 0.225 e. The van der Waals surface area contributed by atoms with Crippen LogP contribution in [-0.4, -0.2) is 50.9 Å². The smallest absolute Gasteiger partial charge is 0.225 e. The molecule has 37 heavy (non-hydrogen) atoms. The maximum atomic E-state index is 14.4. The van der Waals surface area contributed by atoms with Crippen LogP contribution >= 0.6 is 34.8 Å². The number of fused-ring (bicyclic) bond motifs is 1. The first-order valence-corrected chi connectivity index (χ1v) is 13.2. The standard InChI is InChI=1S/C24H27Cl3FN7O2/c1-24(21(29)36)5-2-13(3-6-24)35-20-18(10-30-22(34-20)31-17-4-7-37-11-16(17)28)32-23(35)33-19-14(26)8-12(25)9-15(19)27/h8-10,13,16-17H,2-7,11H2,1H3,(H2,29,36)(H,32,33)(H,30,31,34). The lowest BCUT2D eigenvalue weighted by Gasteiger charge is -2.35. The minimum absolute atomic E-state index is 0.0369. The summed E-state index contributed by atoms with van der Waals surface area (Å²) in [6.07, 6.45) is 3.56. The van der Waals surface area contributed by atoms with Crippen molar-refractivity contribution >= 4 is 69.5 Å². The van der Waals surface area contributed by atoms with E-state index >= 15 is 0 Å². The summed E-state index contributed by atoms with van der Waals surface area (Å²) >= 11 is 19.0. The number of alkyl halides is 1. The number of aromatic nitrogens is 4. The Balaban J connectivity index is 1.54. The van der Waals surface area contributed by atoms with Gasteiger partial charge in [-0.3, -0.25) is 9.36 Å². The van der Waals surface area contributed by atoms with Gasteiger partial charge in [0.05, 0.1) is 34.6 Å². The van der Waals surface area contributed by atoms with Crippen LogP contribution in [-0.2, 0) is 9.53 Å². The van der Waals surface area contributed by atoms with Crippen molar-refractivity contribution in [1.29, 1.82) is 0 Å². The zero-order valence-corrected chi connectivity index (χ0v) is 22.4. The average molecular weight is 571 g/mol. The molecule has 13 heteroatoms. The molecule has 1 aliphatic heterocycles. The van der Waals surface area contributed by atoms with Crippen molar-refractivity contribution in [3.63, 3.8) is 0 Å². The van der Waals surface area contributed by atoms with Crippen LogP contribution in [0.4, 0.5) is 22.0 Å². The second kappa shape index (κ2) is 10.4. The molecular weight excluding hydrogens is 544 g/mol. The Morgan fingerprint density at radius 1 is 1.19 bits per heavy atom. The summed E-state index contributed by atoms with van der Waals surface area (Å²) < 4.78 is 21.5. The second-order valence-electron chi connectivity index (χ2n) is 9.86. The van der Waals surface area contributed by atoms with Gasteiger partial charge in [0.15, 0.2) is 5.65 Å². The van der Waals surface area contributed by atoms with Crippen molar-refractivity contribution in [2.45, 2.75) is 57.3 Å². The number of benzene rings is 1. The van der Waals surface area contributed by atoms with E-state index < -0.39 is 17.6 Å². The summed E-state index contributed by atoms with van der Waals surface area (Å²) in [4.78, 5) is 25.9. The second-order valence-corrected chi connectivity index (χ2v) is 11.1. The van der Waals surface area contributed by atoms with Gasteiger partial charge in [-0.1, -0.05) is 41.7 Å². The number of amides is 1. The van der Waals surface area contributed by atoms with Crippen molar-refractivity contribution in [1.82, 2.24) is 19.5 Å². The Morgan fingerprint density at radius 2 is 1.89 bits per heavy atom. The third kappa shape index (κ3) is 5.30. The molecule has 3 aromatic rings. The number of nitrogens with two attached hydrogens (primary N) is 1. The summed E-state index contributed by atoms with van der Waals surface area (Å²) in [7, 11) is 0. The monoisotopic (exact) mass is 569 g/mol. The molecule has 2 aliphatic rings. The van der Waals surface area contributed by atoms with Crippen LogP contribution in [0.1, 0.15) is 45.1 Å². The van der Waals surface area contributed by atoms with Gasteiger partial charge in [-0.15, -0.1) is 0 Å². The number of halogens is 4. The lowest BCUT2D eigenvalue weighted by Crippen LogP contribution is -2.39. The van der Waals surface area contributed by atoms with Gasteiger partial charge in [0.2, 0.25) is 17.8 Å². The summed E-state index contributed by atoms with van der Waals surface area (Å²) in [5.41, 5.74) is 6.67. The molecule has 4 N–H and O–H groups in total. The number of hydrogen-bond donors (Lipinski definition) is 3. The average Bonchev–Trinajstić information content (AvgIpc) is 3.20. The van der Waals surface area contributed by atoms with Crippen molar-refractivity contribution in [3.8, 4) is 0 Å². The van der Waals surface area contributed by atoms with Gasteiger partial charge < -0.3 is 21.1 Å². The topological polar surface area (TPSA) is 120 Å². The van der Waals surface area contributed by atoms with E-state index in [1.165, 1.54) is 0 Å². The zero-order valence-electron chi connectivity index (χ0n) is 20.1. The molecule has 1 aromatic carbocycles. The summed E-state index contributed by atoms with van der Waals surface area (Å²) in [6, 6.07) is 2.70. The first kappa shape index (κ1) is 26.2. The van der Waals surface area contributed by atoms with Crippen molar-refractivity contribution in [2.24, 2.45) is 11.1 Å².